The second-order valence-corrected chi connectivity index (χ2v) is 7.18. The van der Waals surface area contributed by atoms with Gasteiger partial charge in [0.1, 0.15) is 0 Å². The molecule has 0 aliphatic carbocycles. The van der Waals surface area contributed by atoms with Crippen LogP contribution in [-0.4, -0.2) is 62.1 Å². The van der Waals surface area contributed by atoms with Crippen LogP contribution >= 0.6 is 0 Å². The molecule has 0 saturated carbocycles. The number of aliphatic imine (C=N–C) groups is 1. The highest BCUT2D eigenvalue weighted by Gasteiger charge is 2.25. The maximum absolute atomic E-state index is 4.52. The number of hydrogen-bond donors (Lipinski definition) is 1. The van der Waals surface area contributed by atoms with E-state index in [1.165, 1.54) is 38.9 Å². The lowest BCUT2D eigenvalue weighted by molar-refractivity contribution is 0.179. The SMILES string of the molecule is CCN1CCCC(CNC(=NC)N2CC(C)CC(C)C2)C1. The van der Waals surface area contributed by atoms with E-state index in [1.807, 2.05) is 7.05 Å². The molecule has 1 N–H and O–H groups in total. The molecule has 0 bridgehead atoms. The summed E-state index contributed by atoms with van der Waals surface area (Å²) in [5.41, 5.74) is 0. The Kier molecular flexibility index (Phi) is 6.34. The van der Waals surface area contributed by atoms with Gasteiger partial charge < -0.3 is 15.1 Å². The highest BCUT2D eigenvalue weighted by Crippen LogP contribution is 2.21. The van der Waals surface area contributed by atoms with E-state index in [2.05, 4.69) is 40.9 Å². The van der Waals surface area contributed by atoms with Crippen molar-refractivity contribution in [3.8, 4) is 0 Å². The van der Waals surface area contributed by atoms with Crippen LogP contribution in [0.5, 0.6) is 0 Å². The summed E-state index contributed by atoms with van der Waals surface area (Å²) in [6.07, 6.45) is 4.05. The first-order valence-electron chi connectivity index (χ1n) is 8.80. The van der Waals surface area contributed by atoms with Crippen LogP contribution in [0.25, 0.3) is 0 Å². The fourth-order valence-corrected chi connectivity index (χ4v) is 4.01. The highest BCUT2D eigenvalue weighted by atomic mass is 15.3. The number of nitrogens with one attached hydrogen (secondary N) is 1. The Morgan fingerprint density at radius 3 is 2.52 bits per heavy atom. The van der Waals surface area contributed by atoms with Gasteiger partial charge in [-0.25, -0.2) is 0 Å². The third-order valence-electron chi connectivity index (χ3n) is 4.98. The van der Waals surface area contributed by atoms with Crippen molar-refractivity contribution in [2.75, 3.05) is 46.3 Å². The first kappa shape index (κ1) is 16.6. The van der Waals surface area contributed by atoms with Crippen LogP contribution < -0.4 is 5.32 Å². The van der Waals surface area contributed by atoms with E-state index in [4.69, 9.17) is 0 Å². The number of likely N-dealkylation sites (tertiary alicyclic amines) is 2. The van der Waals surface area contributed by atoms with Gasteiger partial charge >= 0.3 is 0 Å². The van der Waals surface area contributed by atoms with Gasteiger partial charge in [-0.3, -0.25) is 4.99 Å². The van der Waals surface area contributed by atoms with Crippen molar-refractivity contribution in [3.05, 3.63) is 0 Å². The molecule has 4 nitrogen and oxygen atoms in total. The van der Waals surface area contributed by atoms with Crippen molar-refractivity contribution in [2.45, 2.75) is 40.0 Å². The molecule has 21 heavy (non-hydrogen) atoms. The van der Waals surface area contributed by atoms with Crippen molar-refractivity contribution < 1.29 is 0 Å². The topological polar surface area (TPSA) is 30.9 Å². The summed E-state index contributed by atoms with van der Waals surface area (Å²) in [5.74, 6) is 3.44. The van der Waals surface area contributed by atoms with Gasteiger partial charge in [0.2, 0.25) is 0 Å². The normalized spacial score (nSPS) is 32.3. The molecule has 2 rings (SSSR count). The van der Waals surface area contributed by atoms with E-state index in [-0.39, 0.29) is 0 Å². The predicted molar refractivity (Wildman–Crippen MR) is 90.7 cm³/mol. The standard InChI is InChI=1S/C17H34N4/c1-5-20-8-6-7-16(13-20)10-19-17(18-4)21-11-14(2)9-15(3)12-21/h14-16H,5-13H2,1-4H3,(H,18,19). The third-order valence-corrected chi connectivity index (χ3v) is 4.98. The lowest BCUT2D eigenvalue weighted by Gasteiger charge is -2.38. The van der Waals surface area contributed by atoms with Crippen LogP contribution in [0.4, 0.5) is 0 Å². The van der Waals surface area contributed by atoms with Gasteiger partial charge in [-0.15, -0.1) is 0 Å². The molecule has 0 aromatic carbocycles. The van der Waals surface area contributed by atoms with E-state index >= 15 is 0 Å². The maximum Gasteiger partial charge on any atom is 0.193 e. The van der Waals surface area contributed by atoms with Crippen LogP contribution in [0.15, 0.2) is 4.99 Å². The summed E-state index contributed by atoms with van der Waals surface area (Å²) in [4.78, 5) is 9.55. The van der Waals surface area contributed by atoms with E-state index < -0.39 is 0 Å². The third kappa shape index (κ3) is 4.87. The second kappa shape index (κ2) is 8.02. The summed E-state index contributed by atoms with van der Waals surface area (Å²) in [6.45, 7) is 14.1. The number of hydrogen-bond acceptors (Lipinski definition) is 2. The highest BCUT2D eigenvalue weighted by molar-refractivity contribution is 5.80. The number of rotatable bonds is 3. The number of nitrogens with zero attached hydrogens (tertiary/aromatic N) is 3. The zero-order chi connectivity index (χ0) is 15.2. The molecule has 0 aromatic rings. The van der Waals surface area contributed by atoms with Crippen LogP contribution in [-0.2, 0) is 0 Å². The Bertz CT molecular complexity index is 332. The molecule has 0 amide bonds. The van der Waals surface area contributed by atoms with Gasteiger partial charge in [0.05, 0.1) is 0 Å². The molecular weight excluding hydrogens is 260 g/mol. The molecule has 2 aliphatic rings. The Hall–Kier alpha value is -0.770. The van der Waals surface area contributed by atoms with E-state index in [9.17, 15) is 0 Å². The molecule has 0 radical (unpaired) electrons. The smallest absolute Gasteiger partial charge is 0.193 e. The maximum atomic E-state index is 4.52. The number of guanidine groups is 1. The van der Waals surface area contributed by atoms with Gasteiger partial charge in [-0.2, -0.15) is 0 Å². The Morgan fingerprint density at radius 1 is 1.19 bits per heavy atom. The summed E-state index contributed by atoms with van der Waals surface area (Å²) in [7, 11) is 1.92. The van der Waals surface area contributed by atoms with Gasteiger partial charge in [-0.1, -0.05) is 20.8 Å². The van der Waals surface area contributed by atoms with E-state index in [1.54, 1.807) is 0 Å². The van der Waals surface area contributed by atoms with Crippen molar-refractivity contribution in [1.82, 2.24) is 15.1 Å². The molecule has 2 saturated heterocycles. The first-order valence-corrected chi connectivity index (χ1v) is 8.80. The first-order chi connectivity index (χ1) is 10.1. The van der Waals surface area contributed by atoms with E-state index in [0.717, 1.165) is 43.3 Å². The minimum absolute atomic E-state index is 0.773. The molecule has 2 aliphatic heterocycles. The molecule has 0 aromatic heterocycles. The second-order valence-electron chi connectivity index (χ2n) is 7.18. The lowest BCUT2D eigenvalue weighted by atomic mass is 9.92. The molecule has 122 valence electrons. The fraction of sp³-hybridized carbons (Fsp3) is 0.941. The zero-order valence-corrected chi connectivity index (χ0v) is 14.4. The largest absolute Gasteiger partial charge is 0.356 e. The average molecular weight is 294 g/mol. The lowest BCUT2D eigenvalue weighted by Crippen LogP contribution is -2.50. The summed E-state index contributed by atoms with van der Waals surface area (Å²) in [6, 6.07) is 0. The molecule has 2 fully saturated rings. The Morgan fingerprint density at radius 2 is 1.90 bits per heavy atom. The van der Waals surface area contributed by atoms with Gasteiger partial charge in [-0.05, 0) is 50.1 Å². The molecular formula is C17H34N4. The average Bonchev–Trinajstić information content (AvgIpc) is 2.47. The Balaban J connectivity index is 1.82. The monoisotopic (exact) mass is 294 g/mol. The zero-order valence-electron chi connectivity index (χ0n) is 14.4. The predicted octanol–water partition coefficient (Wildman–Crippen LogP) is 2.27. The van der Waals surface area contributed by atoms with Crippen molar-refractivity contribution in [1.29, 1.82) is 0 Å². The minimum atomic E-state index is 0.773. The quantitative estimate of drug-likeness (QED) is 0.640. The molecule has 4 heteroatoms. The summed E-state index contributed by atoms with van der Waals surface area (Å²) >= 11 is 0. The van der Waals surface area contributed by atoms with Crippen LogP contribution in [0.2, 0.25) is 0 Å². The molecule has 3 atom stereocenters. The number of piperidine rings is 2. The minimum Gasteiger partial charge on any atom is -0.356 e. The fourth-order valence-electron chi connectivity index (χ4n) is 4.01. The van der Waals surface area contributed by atoms with Gasteiger partial charge in [0, 0.05) is 33.2 Å². The summed E-state index contributed by atoms with van der Waals surface area (Å²) in [5, 5.41) is 3.64. The van der Waals surface area contributed by atoms with Gasteiger partial charge in [0.25, 0.3) is 0 Å². The molecule has 0 spiro atoms. The van der Waals surface area contributed by atoms with Crippen molar-refractivity contribution in [3.63, 3.8) is 0 Å². The molecule has 2 heterocycles. The van der Waals surface area contributed by atoms with Crippen LogP contribution in [0.1, 0.15) is 40.0 Å². The van der Waals surface area contributed by atoms with Crippen LogP contribution in [0.3, 0.4) is 0 Å². The van der Waals surface area contributed by atoms with Crippen LogP contribution in [0, 0.1) is 17.8 Å². The van der Waals surface area contributed by atoms with Crippen molar-refractivity contribution in [2.24, 2.45) is 22.7 Å². The van der Waals surface area contributed by atoms with Gasteiger partial charge in [0.15, 0.2) is 5.96 Å². The van der Waals surface area contributed by atoms with E-state index in [0.29, 0.717) is 0 Å². The van der Waals surface area contributed by atoms with Crippen molar-refractivity contribution >= 4 is 5.96 Å². The molecule has 3 unspecified atom stereocenters. The summed E-state index contributed by atoms with van der Waals surface area (Å²) < 4.78 is 0. The Labute approximate surface area is 131 Å².